The molecule has 0 spiro atoms. The Morgan fingerprint density at radius 2 is 2.04 bits per heavy atom. The van der Waals surface area contributed by atoms with E-state index in [9.17, 15) is 9.59 Å². The van der Waals surface area contributed by atoms with E-state index in [4.69, 9.17) is 9.47 Å². The average Bonchev–Trinajstić information content (AvgIpc) is 3.15. The minimum Gasteiger partial charge on any atom is -0.447 e. The van der Waals surface area contributed by atoms with Gasteiger partial charge >= 0.3 is 12.2 Å². The summed E-state index contributed by atoms with van der Waals surface area (Å²) in [6, 6.07) is 2.13. The second-order valence-electron chi connectivity index (χ2n) is 7.26. The molecule has 6 nitrogen and oxygen atoms in total. The highest BCUT2D eigenvalue weighted by Crippen LogP contribution is 2.34. The Hall–Kier alpha value is -1.76. The zero-order valence-electron chi connectivity index (χ0n) is 14.4. The molecule has 2 aliphatic rings. The number of ether oxygens (including phenoxy) is 2. The number of amides is 2. The number of hydrogen-bond acceptors (Lipinski definition) is 5. The maximum atomic E-state index is 12.2. The van der Waals surface area contributed by atoms with Gasteiger partial charge in [0.2, 0.25) is 0 Å². The summed E-state index contributed by atoms with van der Waals surface area (Å²) in [6.45, 7) is 7.19. The molecule has 0 saturated carbocycles. The monoisotopic (exact) mass is 352 g/mol. The van der Waals surface area contributed by atoms with Gasteiger partial charge in [-0.1, -0.05) is 0 Å². The van der Waals surface area contributed by atoms with Crippen LogP contribution >= 0.6 is 11.3 Å². The van der Waals surface area contributed by atoms with Gasteiger partial charge in [0, 0.05) is 19.1 Å². The van der Waals surface area contributed by atoms with E-state index in [0.717, 1.165) is 18.4 Å². The first-order chi connectivity index (χ1) is 11.3. The molecule has 24 heavy (non-hydrogen) atoms. The maximum Gasteiger partial charge on any atom is 0.410 e. The van der Waals surface area contributed by atoms with E-state index < -0.39 is 5.60 Å². The molecule has 1 aromatic heterocycles. The van der Waals surface area contributed by atoms with E-state index in [2.05, 4.69) is 5.38 Å². The van der Waals surface area contributed by atoms with Crippen LogP contribution in [0.2, 0.25) is 0 Å². The molecule has 132 valence electrons. The van der Waals surface area contributed by atoms with E-state index in [0.29, 0.717) is 19.7 Å². The van der Waals surface area contributed by atoms with Gasteiger partial charge in [0.25, 0.3) is 0 Å². The van der Waals surface area contributed by atoms with Crippen molar-refractivity contribution < 1.29 is 19.1 Å². The van der Waals surface area contributed by atoms with E-state index in [-0.39, 0.29) is 24.3 Å². The van der Waals surface area contributed by atoms with E-state index in [1.54, 1.807) is 16.2 Å². The fourth-order valence-electron chi connectivity index (χ4n) is 3.21. The van der Waals surface area contributed by atoms with Crippen LogP contribution in [0.4, 0.5) is 9.59 Å². The van der Waals surface area contributed by atoms with Crippen LogP contribution < -0.4 is 0 Å². The van der Waals surface area contributed by atoms with Gasteiger partial charge in [-0.15, -0.1) is 0 Å². The van der Waals surface area contributed by atoms with Crippen LogP contribution in [0, 0.1) is 0 Å². The Morgan fingerprint density at radius 1 is 1.33 bits per heavy atom. The van der Waals surface area contributed by atoms with Crippen molar-refractivity contribution in [1.82, 2.24) is 9.80 Å². The summed E-state index contributed by atoms with van der Waals surface area (Å²) in [7, 11) is 0. The lowest BCUT2D eigenvalue weighted by molar-refractivity contribution is 0.0157. The highest BCUT2D eigenvalue weighted by Gasteiger charge is 2.41. The number of thiophene rings is 1. The number of piperidine rings is 1. The molecule has 0 aromatic carbocycles. The van der Waals surface area contributed by atoms with Crippen molar-refractivity contribution in [3.63, 3.8) is 0 Å². The van der Waals surface area contributed by atoms with Crippen LogP contribution in [0.15, 0.2) is 16.8 Å². The number of carbonyl (C=O) groups excluding carboxylic acids is 2. The Bertz CT molecular complexity index is 588. The van der Waals surface area contributed by atoms with E-state index in [1.165, 1.54) is 0 Å². The third-order valence-corrected chi connectivity index (χ3v) is 5.05. The topological polar surface area (TPSA) is 59.1 Å². The molecule has 0 aliphatic carbocycles. The largest absolute Gasteiger partial charge is 0.447 e. The lowest BCUT2D eigenvalue weighted by Crippen LogP contribution is -2.48. The van der Waals surface area contributed by atoms with Gasteiger partial charge in [-0.3, -0.25) is 4.90 Å². The summed E-state index contributed by atoms with van der Waals surface area (Å²) in [5.41, 5.74) is 0.636. The Labute approximate surface area is 146 Å². The predicted molar refractivity (Wildman–Crippen MR) is 91.1 cm³/mol. The molecule has 0 bridgehead atoms. The van der Waals surface area contributed by atoms with Crippen LogP contribution in [0.3, 0.4) is 0 Å². The first-order valence-corrected chi connectivity index (χ1v) is 9.24. The fraction of sp³-hybridized carbons (Fsp3) is 0.647. The number of carbonyl (C=O) groups is 2. The third kappa shape index (κ3) is 3.66. The van der Waals surface area contributed by atoms with Crippen molar-refractivity contribution in [3.05, 3.63) is 22.4 Å². The minimum absolute atomic E-state index is 0.0122. The zero-order chi connectivity index (χ0) is 17.3. The Kier molecular flexibility index (Phi) is 4.71. The average molecular weight is 352 g/mol. The first-order valence-electron chi connectivity index (χ1n) is 8.30. The molecule has 0 unspecified atom stereocenters. The summed E-state index contributed by atoms with van der Waals surface area (Å²) in [6.07, 6.45) is 0.963. The van der Waals surface area contributed by atoms with Gasteiger partial charge in [-0.25, -0.2) is 9.59 Å². The number of cyclic esters (lactones) is 1. The van der Waals surface area contributed by atoms with Crippen molar-refractivity contribution in [2.45, 2.75) is 51.3 Å². The number of nitrogens with zero attached hydrogens (tertiary/aromatic N) is 2. The first kappa shape index (κ1) is 17.1. The van der Waals surface area contributed by atoms with Gasteiger partial charge in [0.05, 0.1) is 6.04 Å². The van der Waals surface area contributed by atoms with Gasteiger partial charge in [-0.2, -0.15) is 11.3 Å². The van der Waals surface area contributed by atoms with Crippen LogP contribution in [0.5, 0.6) is 0 Å². The molecule has 2 amide bonds. The van der Waals surface area contributed by atoms with Crippen molar-refractivity contribution in [2.75, 3.05) is 19.7 Å². The molecule has 0 radical (unpaired) electrons. The normalized spacial score (nSPS) is 22.6. The SMILES string of the molecule is CC(C)(C)OC(=O)N1CCC(N2C(=O)OC[C@H]2c2ccsc2)CC1. The minimum atomic E-state index is -0.489. The summed E-state index contributed by atoms with van der Waals surface area (Å²) in [5, 5.41) is 4.08. The molecule has 2 aliphatic heterocycles. The molecule has 0 N–H and O–H groups in total. The molecule has 2 fully saturated rings. The van der Waals surface area contributed by atoms with E-state index in [1.807, 2.05) is 37.1 Å². The lowest BCUT2D eigenvalue weighted by Gasteiger charge is -2.38. The van der Waals surface area contributed by atoms with Gasteiger partial charge in [0.1, 0.15) is 12.2 Å². The standard InChI is InChI=1S/C17H24N2O4S/c1-17(2,3)23-15(20)18-7-4-13(5-8-18)19-14(10-22-16(19)21)12-6-9-24-11-12/h6,9,11,13-14H,4-5,7-8,10H2,1-3H3/t14-/m0/s1. The third-order valence-electron chi connectivity index (χ3n) is 4.35. The van der Waals surface area contributed by atoms with Crippen LogP contribution in [0.25, 0.3) is 0 Å². The highest BCUT2D eigenvalue weighted by molar-refractivity contribution is 7.08. The molecule has 7 heteroatoms. The van der Waals surface area contributed by atoms with Gasteiger partial charge in [0.15, 0.2) is 0 Å². The summed E-state index contributed by atoms with van der Waals surface area (Å²) < 4.78 is 10.7. The molecule has 3 heterocycles. The molecular weight excluding hydrogens is 328 g/mol. The Balaban J connectivity index is 1.61. The fourth-order valence-corrected chi connectivity index (χ4v) is 3.92. The highest BCUT2D eigenvalue weighted by atomic mass is 32.1. The van der Waals surface area contributed by atoms with Crippen LogP contribution in [-0.2, 0) is 9.47 Å². The number of rotatable bonds is 2. The maximum absolute atomic E-state index is 12.2. The summed E-state index contributed by atoms with van der Waals surface area (Å²) in [4.78, 5) is 27.9. The van der Waals surface area contributed by atoms with Gasteiger partial charge in [-0.05, 0) is 56.0 Å². The molecule has 3 rings (SSSR count). The second-order valence-corrected chi connectivity index (χ2v) is 8.04. The van der Waals surface area contributed by atoms with Crippen molar-refractivity contribution in [1.29, 1.82) is 0 Å². The van der Waals surface area contributed by atoms with Gasteiger partial charge < -0.3 is 14.4 Å². The summed E-state index contributed by atoms with van der Waals surface area (Å²) >= 11 is 1.62. The van der Waals surface area contributed by atoms with Crippen molar-refractivity contribution >= 4 is 23.5 Å². The second kappa shape index (κ2) is 6.63. The number of hydrogen-bond donors (Lipinski definition) is 0. The molecular formula is C17H24N2O4S. The van der Waals surface area contributed by atoms with Crippen molar-refractivity contribution in [2.24, 2.45) is 0 Å². The van der Waals surface area contributed by atoms with E-state index >= 15 is 0 Å². The smallest absolute Gasteiger partial charge is 0.410 e. The number of likely N-dealkylation sites (tertiary alicyclic amines) is 1. The lowest BCUT2D eigenvalue weighted by atomic mass is 10.0. The quantitative estimate of drug-likeness (QED) is 0.815. The van der Waals surface area contributed by atoms with Crippen LogP contribution in [0.1, 0.15) is 45.2 Å². The van der Waals surface area contributed by atoms with Crippen molar-refractivity contribution in [3.8, 4) is 0 Å². The molecule has 2 saturated heterocycles. The zero-order valence-corrected chi connectivity index (χ0v) is 15.2. The van der Waals surface area contributed by atoms with Crippen LogP contribution in [-0.4, -0.2) is 53.3 Å². The Morgan fingerprint density at radius 3 is 2.62 bits per heavy atom. The molecule has 1 aromatic rings. The molecule has 1 atom stereocenters. The predicted octanol–water partition coefficient (Wildman–Crippen LogP) is 3.64. The summed E-state index contributed by atoms with van der Waals surface area (Å²) in [5.74, 6) is 0.